The van der Waals surface area contributed by atoms with Gasteiger partial charge in [0.1, 0.15) is 12.4 Å². The van der Waals surface area contributed by atoms with Crippen molar-refractivity contribution in [3.8, 4) is 16.9 Å². The second-order valence-corrected chi connectivity index (χ2v) is 5.37. The monoisotopic (exact) mass is 318 g/mol. The van der Waals surface area contributed by atoms with E-state index in [0.717, 1.165) is 11.3 Å². The molecule has 0 fully saturated rings. The van der Waals surface area contributed by atoms with Gasteiger partial charge in [0.25, 0.3) is 0 Å². The fourth-order valence-electron chi connectivity index (χ4n) is 2.40. The van der Waals surface area contributed by atoms with Gasteiger partial charge in [-0.2, -0.15) is 0 Å². The molecule has 3 rings (SSSR count). The Morgan fingerprint density at radius 1 is 0.792 bits per heavy atom. The van der Waals surface area contributed by atoms with E-state index < -0.39 is 0 Å². The lowest BCUT2D eigenvalue weighted by atomic mass is 10.0. The van der Waals surface area contributed by atoms with Gasteiger partial charge in [-0.3, -0.25) is 0 Å². The van der Waals surface area contributed by atoms with E-state index in [9.17, 15) is 4.79 Å². The van der Waals surface area contributed by atoms with Crippen molar-refractivity contribution in [3.05, 3.63) is 90.0 Å². The molecule has 0 aromatic heterocycles. The molecular formula is C21H18O3. The smallest absolute Gasteiger partial charge is 0.337 e. The Morgan fingerprint density at radius 3 is 2.04 bits per heavy atom. The molecule has 0 spiro atoms. The van der Waals surface area contributed by atoms with Crippen LogP contribution in [-0.2, 0) is 11.3 Å². The van der Waals surface area contributed by atoms with Crippen molar-refractivity contribution in [1.82, 2.24) is 0 Å². The summed E-state index contributed by atoms with van der Waals surface area (Å²) in [5, 5.41) is 0. The summed E-state index contributed by atoms with van der Waals surface area (Å²) < 4.78 is 10.4. The number of carbonyl (C=O) groups is 1. The Morgan fingerprint density at radius 2 is 1.42 bits per heavy atom. The summed E-state index contributed by atoms with van der Waals surface area (Å²) in [6.07, 6.45) is 0. The van der Waals surface area contributed by atoms with Crippen LogP contribution in [0.1, 0.15) is 15.9 Å². The largest absolute Gasteiger partial charge is 0.489 e. The fraction of sp³-hybridized carbons (Fsp3) is 0.0952. The van der Waals surface area contributed by atoms with Crippen LogP contribution >= 0.6 is 0 Å². The lowest BCUT2D eigenvalue weighted by molar-refractivity contribution is 0.0600. The Kier molecular flexibility index (Phi) is 4.92. The van der Waals surface area contributed by atoms with Crippen molar-refractivity contribution in [2.24, 2.45) is 0 Å². The van der Waals surface area contributed by atoms with Crippen molar-refractivity contribution in [3.63, 3.8) is 0 Å². The van der Waals surface area contributed by atoms with Gasteiger partial charge >= 0.3 is 5.97 Å². The molecule has 0 heterocycles. The standard InChI is InChI=1S/C21H18O3/c1-23-21(22)19-11-13-20(14-12-19)24-15-16-7-9-18(10-8-16)17-5-3-2-4-6-17/h2-14H,15H2,1H3. The first kappa shape index (κ1) is 15.8. The Bertz CT molecular complexity index is 791. The van der Waals surface area contributed by atoms with Gasteiger partial charge in [-0.25, -0.2) is 4.79 Å². The summed E-state index contributed by atoms with van der Waals surface area (Å²) in [5.74, 6) is 0.368. The van der Waals surface area contributed by atoms with Crippen LogP contribution in [0.25, 0.3) is 11.1 Å². The van der Waals surface area contributed by atoms with Crippen molar-refractivity contribution >= 4 is 5.97 Å². The number of carbonyl (C=O) groups excluding carboxylic acids is 1. The lowest BCUT2D eigenvalue weighted by Crippen LogP contribution is -2.01. The van der Waals surface area contributed by atoms with Crippen LogP contribution in [0.3, 0.4) is 0 Å². The number of hydrogen-bond donors (Lipinski definition) is 0. The van der Waals surface area contributed by atoms with Crippen molar-refractivity contribution in [2.75, 3.05) is 7.11 Å². The lowest BCUT2D eigenvalue weighted by Gasteiger charge is -2.08. The van der Waals surface area contributed by atoms with Crippen LogP contribution in [0.4, 0.5) is 0 Å². The van der Waals surface area contributed by atoms with E-state index in [1.165, 1.54) is 18.2 Å². The van der Waals surface area contributed by atoms with Gasteiger partial charge in [-0.15, -0.1) is 0 Å². The molecule has 3 nitrogen and oxygen atoms in total. The van der Waals surface area contributed by atoms with E-state index in [1.807, 2.05) is 18.2 Å². The quantitative estimate of drug-likeness (QED) is 0.639. The second-order valence-electron chi connectivity index (χ2n) is 5.37. The fourth-order valence-corrected chi connectivity index (χ4v) is 2.40. The molecule has 0 aliphatic heterocycles. The topological polar surface area (TPSA) is 35.5 Å². The summed E-state index contributed by atoms with van der Waals surface area (Å²) in [5.41, 5.74) is 3.98. The zero-order valence-electron chi connectivity index (χ0n) is 13.4. The molecule has 0 atom stereocenters. The average Bonchev–Trinajstić information content (AvgIpc) is 2.67. The number of ether oxygens (including phenoxy) is 2. The predicted octanol–water partition coefficient (Wildman–Crippen LogP) is 4.72. The molecule has 0 N–H and O–H groups in total. The maximum Gasteiger partial charge on any atom is 0.337 e. The van der Waals surface area contributed by atoms with Crippen LogP contribution in [0, 0.1) is 0 Å². The Labute approximate surface area is 141 Å². The highest BCUT2D eigenvalue weighted by molar-refractivity contribution is 5.89. The number of methoxy groups -OCH3 is 1. The van der Waals surface area contributed by atoms with Gasteiger partial charge in [0, 0.05) is 0 Å². The van der Waals surface area contributed by atoms with E-state index >= 15 is 0 Å². The zero-order valence-corrected chi connectivity index (χ0v) is 13.4. The molecule has 0 aliphatic carbocycles. The first-order valence-corrected chi connectivity index (χ1v) is 7.72. The van der Waals surface area contributed by atoms with Gasteiger partial charge in [0.05, 0.1) is 12.7 Å². The number of benzene rings is 3. The molecule has 0 saturated carbocycles. The zero-order chi connectivity index (χ0) is 16.8. The van der Waals surface area contributed by atoms with E-state index in [4.69, 9.17) is 4.74 Å². The molecule has 3 heteroatoms. The van der Waals surface area contributed by atoms with E-state index in [2.05, 4.69) is 41.1 Å². The molecule has 3 aromatic carbocycles. The molecule has 0 unspecified atom stereocenters. The van der Waals surface area contributed by atoms with Gasteiger partial charge in [0.2, 0.25) is 0 Å². The summed E-state index contributed by atoms with van der Waals surface area (Å²) in [6, 6.07) is 25.5. The molecular weight excluding hydrogens is 300 g/mol. The SMILES string of the molecule is COC(=O)c1ccc(OCc2ccc(-c3ccccc3)cc2)cc1. The summed E-state index contributed by atoms with van der Waals surface area (Å²) in [7, 11) is 1.37. The van der Waals surface area contributed by atoms with Crippen LogP contribution in [0.2, 0.25) is 0 Å². The number of hydrogen-bond acceptors (Lipinski definition) is 3. The minimum absolute atomic E-state index is 0.349. The average molecular weight is 318 g/mol. The van der Waals surface area contributed by atoms with Gasteiger partial charge in [-0.1, -0.05) is 54.6 Å². The highest BCUT2D eigenvalue weighted by Crippen LogP contribution is 2.20. The van der Waals surface area contributed by atoms with Gasteiger partial charge < -0.3 is 9.47 Å². The Balaban J connectivity index is 1.61. The highest BCUT2D eigenvalue weighted by atomic mass is 16.5. The first-order chi connectivity index (χ1) is 11.8. The third-order valence-electron chi connectivity index (χ3n) is 3.74. The third kappa shape index (κ3) is 3.82. The minimum atomic E-state index is -0.349. The normalized spacial score (nSPS) is 10.2. The predicted molar refractivity (Wildman–Crippen MR) is 94.0 cm³/mol. The first-order valence-electron chi connectivity index (χ1n) is 7.72. The molecule has 0 radical (unpaired) electrons. The van der Waals surface area contributed by atoms with Crippen LogP contribution in [0.5, 0.6) is 5.75 Å². The minimum Gasteiger partial charge on any atom is -0.489 e. The van der Waals surface area contributed by atoms with Crippen LogP contribution < -0.4 is 4.74 Å². The van der Waals surface area contributed by atoms with Crippen molar-refractivity contribution in [2.45, 2.75) is 6.61 Å². The van der Waals surface area contributed by atoms with Crippen molar-refractivity contribution in [1.29, 1.82) is 0 Å². The van der Waals surface area contributed by atoms with Gasteiger partial charge in [-0.05, 0) is 41.0 Å². The van der Waals surface area contributed by atoms with Crippen LogP contribution in [0.15, 0.2) is 78.9 Å². The third-order valence-corrected chi connectivity index (χ3v) is 3.74. The highest BCUT2D eigenvalue weighted by Gasteiger charge is 2.05. The van der Waals surface area contributed by atoms with Crippen molar-refractivity contribution < 1.29 is 14.3 Å². The molecule has 3 aromatic rings. The summed E-state index contributed by atoms with van der Waals surface area (Å²) in [4.78, 5) is 11.4. The van der Waals surface area contributed by atoms with E-state index in [1.54, 1.807) is 24.3 Å². The molecule has 0 aliphatic rings. The Hall–Kier alpha value is -3.07. The van der Waals surface area contributed by atoms with Crippen LogP contribution in [-0.4, -0.2) is 13.1 Å². The molecule has 24 heavy (non-hydrogen) atoms. The second kappa shape index (κ2) is 7.47. The molecule has 0 amide bonds. The van der Waals surface area contributed by atoms with Gasteiger partial charge in [0.15, 0.2) is 0 Å². The molecule has 0 saturated heterocycles. The number of esters is 1. The van der Waals surface area contributed by atoms with E-state index in [0.29, 0.717) is 12.2 Å². The maximum atomic E-state index is 11.4. The number of rotatable bonds is 5. The van der Waals surface area contributed by atoms with E-state index in [-0.39, 0.29) is 5.97 Å². The summed E-state index contributed by atoms with van der Waals surface area (Å²) in [6.45, 7) is 0.479. The molecule has 0 bridgehead atoms. The maximum absolute atomic E-state index is 11.4. The molecule has 120 valence electrons. The summed E-state index contributed by atoms with van der Waals surface area (Å²) >= 11 is 0.